The van der Waals surface area contributed by atoms with Crippen LogP contribution >= 0.6 is 0 Å². The third-order valence-electron chi connectivity index (χ3n) is 6.19. The maximum absolute atomic E-state index is 13.0. The van der Waals surface area contributed by atoms with Crippen LogP contribution in [0.1, 0.15) is 41.7 Å². The van der Waals surface area contributed by atoms with E-state index in [1.54, 1.807) is 28.1 Å². The summed E-state index contributed by atoms with van der Waals surface area (Å²) < 4.78 is 16.6. The Labute approximate surface area is 202 Å². The number of likely N-dealkylation sites (tertiary alicyclic amines) is 1. The number of hydrogen-bond acceptors (Lipinski definition) is 8. The van der Waals surface area contributed by atoms with Gasteiger partial charge in [0.25, 0.3) is 11.8 Å². The molecule has 2 amide bonds. The Morgan fingerprint density at radius 3 is 2.71 bits per heavy atom. The van der Waals surface area contributed by atoms with Gasteiger partial charge in [0.2, 0.25) is 11.7 Å². The van der Waals surface area contributed by atoms with Crippen LogP contribution in [0, 0.1) is 0 Å². The van der Waals surface area contributed by atoms with Gasteiger partial charge in [0.1, 0.15) is 17.5 Å². The number of carbonyl (C=O) groups is 2. The molecule has 0 bridgehead atoms. The number of pyridine rings is 1. The standard InChI is InChI=1S/C25H27N5O5/c31-22(17-34-19-6-2-1-3-7-19)30-11-5-4-8-21(30)24-27-23(28-35-24)18-9-10-26-20(16-18)25(32)29-12-14-33-15-13-29/h1-3,6-7,9-10,16,21H,4-5,8,11-15,17H2. The van der Waals surface area contributed by atoms with Crippen molar-refractivity contribution in [2.75, 3.05) is 39.5 Å². The minimum absolute atomic E-state index is 0.0567. The molecule has 0 saturated carbocycles. The van der Waals surface area contributed by atoms with Crippen LogP contribution in [0.3, 0.4) is 0 Å². The maximum atomic E-state index is 13.0. The number of para-hydroxylation sites is 1. The van der Waals surface area contributed by atoms with Crippen LogP contribution in [0.4, 0.5) is 0 Å². The van der Waals surface area contributed by atoms with Crippen molar-refractivity contribution in [2.45, 2.75) is 25.3 Å². The van der Waals surface area contributed by atoms with E-state index in [1.807, 2.05) is 30.3 Å². The molecule has 0 aliphatic carbocycles. The van der Waals surface area contributed by atoms with Crippen molar-refractivity contribution >= 4 is 11.8 Å². The number of ether oxygens (including phenoxy) is 2. The third kappa shape index (κ3) is 5.32. The smallest absolute Gasteiger partial charge is 0.272 e. The second kappa shape index (κ2) is 10.6. The van der Waals surface area contributed by atoms with Gasteiger partial charge in [0, 0.05) is 31.4 Å². The summed E-state index contributed by atoms with van der Waals surface area (Å²) in [7, 11) is 0. The highest BCUT2D eigenvalue weighted by molar-refractivity contribution is 5.93. The molecular weight excluding hydrogens is 450 g/mol. The van der Waals surface area contributed by atoms with E-state index in [4.69, 9.17) is 14.0 Å². The number of rotatable bonds is 6. The van der Waals surface area contributed by atoms with E-state index in [2.05, 4.69) is 15.1 Å². The van der Waals surface area contributed by atoms with Gasteiger partial charge in [-0.1, -0.05) is 23.4 Å². The van der Waals surface area contributed by atoms with Crippen molar-refractivity contribution in [2.24, 2.45) is 0 Å². The minimum atomic E-state index is -0.312. The molecule has 2 aromatic heterocycles. The van der Waals surface area contributed by atoms with Gasteiger partial charge in [-0.3, -0.25) is 14.6 Å². The number of piperidine rings is 1. The quantitative estimate of drug-likeness (QED) is 0.533. The van der Waals surface area contributed by atoms with Gasteiger partial charge in [-0.15, -0.1) is 0 Å². The van der Waals surface area contributed by atoms with Crippen LogP contribution in [0.25, 0.3) is 11.4 Å². The molecule has 1 atom stereocenters. The Kier molecular flexibility index (Phi) is 6.99. The second-order valence-electron chi connectivity index (χ2n) is 8.49. The monoisotopic (exact) mass is 477 g/mol. The van der Waals surface area contributed by atoms with Gasteiger partial charge >= 0.3 is 0 Å². The fourth-order valence-electron chi connectivity index (χ4n) is 4.33. The summed E-state index contributed by atoms with van der Waals surface area (Å²) in [6.07, 6.45) is 4.16. The van der Waals surface area contributed by atoms with Gasteiger partial charge in [-0.25, -0.2) is 0 Å². The molecule has 2 aliphatic rings. The molecule has 3 aromatic rings. The molecule has 2 aliphatic heterocycles. The van der Waals surface area contributed by atoms with E-state index < -0.39 is 0 Å². The van der Waals surface area contributed by atoms with Crippen molar-refractivity contribution in [1.82, 2.24) is 24.9 Å². The first-order valence-corrected chi connectivity index (χ1v) is 11.8. The Morgan fingerprint density at radius 2 is 1.89 bits per heavy atom. The summed E-state index contributed by atoms with van der Waals surface area (Å²) in [6, 6.07) is 12.4. The number of hydrogen-bond donors (Lipinski definition) is 0. The second-order valence-corrected chi connectivity index (χ2v) is 8.49. The number of amides is 2. The molecular formula is C25H27N5O5. The number of morpholine rings is 1. The molecule has 2 fully saturated rings. The summed E-state index contributed by atoms with van der Waals surface area (Å²) in [5, 5.41) is 4.13. The Hall–Kier alpha value is -3.79. The Balaban J connectivity index is 1.29. The lowest BCUT2D eigenvalue weighted by Gasteiger charge is -2.33. The van der Waals surface area contributed by atoms with Crippen molar-refractivity contribution < 1.29 is 23.6 Å². The normalized spacial score (nSPS) is 18.3. The molecule has 1 unspecified atom stereocenters. The first-order chi connectivity index (χ1) is 17.2. The van der Waals surface area contributed by atoms with Crippen molar-refractivity contribution in [3.8, 4) is 17.1 Å². The molecule has 5 rings (SSSR count). The molecule has 4 heterocycles. The van der Waals surface area contributed by atoms with Crippen LogP contribution in [-0.2, 0) is 9.53 Å². The number of benzene rings is 1. The van der Waals surface area contributed by atoms with E-state index in [-0.39, 0.29) is 24.5 Å². The zero-order valence-corrected chi connectivity index (χ0v) is 19.3. The highest BCUT2D eigenvalue weighted by Crippen LogP contribution is 2.31. The summed E-state index contributed by atoms with van der Waals surface area (Å²) in [5.41, 5.74) is 0.955. The van der Waals surface area contributed by atoms with Gasteiger partial charge in [-0.2, -0.15) is 4.98 Å². The topological polar surface area (TPSA) is 111 Å². The van der Waals surface area contributed by atoms with Crippen LogP contribution in [-0.4, -0.2) is 76.2 Å². The van der Waals surface area contributed by atoms with Gasteiger partial charge < -0.3 is 23.8 Å². The average Bonchev–Trinajstić information content (AvgIpc) is 3.43. The highest BCUT2D eigenvalue weighted by Gasteiger charge is 2.32. The molecule has 182 valence electrons. The summed E-state index contributed by atoms with van der Waals surface area (Å²) in [4.78, 5) is 38.1. The SMILES string of the molecule is O=C(c1cc(-c2noc(C3CCCCN3C(=O)COc3ccccc3)n2)ccn1)N1CCOCC1. The summed E-state index contributed by atoms with van der Waals surface area (Å²) >= 11 is 0. The highest BCUT2D eigenvalue weighted by atomic mass is 16.5. The van der Waals surface area contributed by atoms with E-state index in [0.717, 1.165) is 19.3 Å². The predicted octanol–water partition coefficient (Wildman–Crippen LogP) is 2.74. The molecule has 10 heteroatoms. The molecule has 10 nitrogen and oxygen atoms in total. The molecule has 1 aromatic carbocycles. The zero-order valence-electron chi connectivity index (χ0n) is 19.3. The lowest BCUT2D eigenvalue weighted by molar-refractivity contribution is -0.138. The molecule has 0 N–H and O–H groups in total. The summed E-state index contributed by atoms with van der Waals surface area (Å²) in [5.74, 6) is 1.11. The molecule has 0 radical (unpaired) electrons. The van der Waals surface area contributed by atoms with E-state index in [0.29, 0.717) is 61.6 Å². The molecule has 35 heavy (non-hydrogen) atoms. The fourth-order valence-corrected chi connectivity index (χ4v) is 4.33. The van der Waals surface area contributed by atoms with Crippen LogP contribution in [0.5, 0.6) is 5.75 Å². The fraction of sp³-hybridized carbons (Fsp3) is 0.400. The van der Waals surface area contributed by atoms with Crippen molar-refractivity contribution in [3.05, 3.63) is 60.2 Å². The number of nitrogens with zero attached hydrogens (tertiary/aromatic N) is 5. The Bertz CT molecular complexity index is 1160. The zero-order chi connectivity index (χ0) is 24.0. The van der Waals surface area contributed by atoms with Crippen LogP contribution in [0.15, 0.2) is 53.2 Å². The van der Waals surface area contributed by atoms with Crippen LogP contribution < -0.4 is 4.74 Å². The van der Waals surface area contributed by atoms with Gasteiger partial charge in [-0.05, 0) is 43.5 Å². The van der Waals surface area contributed by atoms with Gasteiger partial charge in [0.05, 0.1) is 13.2 Å². The lowest BCUT2D eigenvalue weighted by atomic mass is 10.0. The van der Waals surface area contributed by atoms with Gasteiger partial charge in [0.15, 0.2) is 6.61 Å². The third-order valence-corrected chi connectivity index (χ3v) is 6.19. The molecule has 0 spiro atoms. The minimum Gasteiger partial charge on any atom is -0.484 e. The Morgan fingerprint density at radius 1 is 1.06 bits per heavy atom. The number of carbonyl (C=O) groups excluding carboxylic acids is 2. The largest absolute Gasteiger partial charge is 0.484 e. The summed E-state index contributed by atoms with van der Waals surface area (Å²) in [6.45, 7) is 2.66. The lowest BCUT2D eigenvalue weighted by Crippen LogP contribution is -2.41. The van der Waals surface area contributed by atoms with E-state index in [1.165, 1.54) is 0 Å². The maximum Gasteiger partial charge on any atom is 0.272 e. The van der Waals surface area contributed by atoms with Crippen LogP contribution in [0.2, 0.25) is 0 Å². The first kappa shape index (κ1) is 23.0. The number of aromatic nitrogens is 3. The van der Waals surface area contributed by atoms with Crippen molar-refractivity contribution in [3.63, 3.8) is 0 Å². The predicted molar refractivity (Wildman–Crippen MR) is 124 cm³/mol. The van der Waals surface area contributed by atoms with E-state index >= 15 is 0 Å². The molecule has 2 saturated heterocycles. The van der Waals surface area contributed by atoms with E-state index in [9.17, 15) is 9.59 Å². The van der Waals surface area contributed by atoms with Crippen molar-refractivity contribution in [1.29, 1.82) is 0 Å². The average molecular weight is 478 g/mol. The first-order valence-electron chi connectivity index (χ1n) is 11.8.